The normalized spacial score (nSPS) is 24.7. The van der Waals surface area contributed by atoms with Crippen molar-refractivity contribution >= 4 is 17.7 Å². The fourth-order valence-electron chi connectivity index (χ4n) is 5.94. The summed E-state index contributed by atoms with van der Waals surface area (Å²) >= 11 is 0. The van der Waals surface area contributed by atoms with Gasteiger partial charge in [-0.1, -0.05) is 26.0 Å². The van der Waals surface area contributed by atoms with Gasteiger partial charge in [0.2, 0.25) is 0 Å². The first-order valence-corrected chi connectivity index (χ1v) is 14.0. The summed E-state index contributed by atoms with van der Waals surface area (Å²) in [5.41, 5.74) is 1.52. The molecule has 1 aromatic rings. The van der Waals surface area contributed by atoms with Crippen LogP contribution in [0.2, 0.25) is 0 Å². The fourth-order valence-corrected chi connectivity index (χ4v) is 5.94. The third-order valence-corrected chi connectivity index (χ3v) is 7.98. The van der Waals surface area contributed by atoms with Crippen LogP contribution < -0.4 is 9.47 Å². The molecule has 0 unspecified atom stereocenters. The topological polar surface area (TPSA) is 91.4 Å². The number of ether oxygens (including phenoxy) is 4. The van der Waals surface area contributed by atoms with Crippen molar-refractivity contribution in [2.45, 2.75) is 96.5 Å². The number of carbonyl (C=O) groups is 3. The zero-order chi connectivity index (χ0) is 28.5. The van der Waals surface area contributed by atoms with E-state index in [0.29, 0.717) is 6.42 Å². The lowest BCUT2D eigenvalue weighted by Gasteiger charge is -2.36. The van der Waals surface area contributed by atoms with Crippen LogP contribution in [-0.2, 0) is 35.8 Å². The molecular weight excluding hydrogens is 498 g/mol. The van der Waals surface area contributed by atoms with Crippen LogP contribution in [-0.4, -0.2) is 61.1 Å². The first-order chi connectivity index (χ1) is 18.3. The predicted molar refractivity (Wildman–Crippen MR) is 147 cm³/mol. The number of rotatable bonds is 9. The molecule has 1 aromatic carbocycles. The number of benzene rings is 1. The number of Topliss-reactive ketones (excluding diaryl/α,β-unsaturated/α-hetero) is 1. The average molecular weight is 542 g/mol. The van der Waals surface area contributed by atoms with E-state index in [1.807, 2.05) is 26.0 Å². The number of ketones is 1. The zero-order valence-electron chi connectivity index (χ0n) is 24.4. The number of carbonyl (C=O) groups excluding carboxylic acids is 3. The van der Waals surface area contributed by atoms with Gasteiger partial charge >= 0.3 is 11.9 Å². The highest BCUT2D eigenvalue weighted by molar-refractivity contribution is 5.87. The van der Waals surface area contributed by atoms with Crippen molar-refractivity contribution in [1.29, 1.82) is 0 Å². The monoisotopic (exact) mass is 541 g/mol. The molecule has 0 saturated carbocycles. The third kappa shape index (κ3) is 6.32. The zero-order valence-corrected chi connectivity index (χ0v) is 24.4. The van der Waals surface area contributed by atoms with Gasteiger partial charge in [-0.25, -0.2) is 0 Å². The van der Waals surface area contributed by atoms with Gasteiger partial charge in [0.05, 0.1) is 24.9 Å². The highest BCUT2D eigenvalue weighted by atomic mass is 16.6. The van der Waals surface area contributed by atoms with E-state index in [0.717, 1.165) is 31.0 Å². The highest BCUT2D eigenvalue weighted by Crippen LogP contribution is 2.55. The molecule has 0 amide bonds. The van der Waals surface area contributed by atoms with Crippen LogP contribution in [0.15, 0.2) is 24.3 Å². The van der Waals surface area contributed by atoms with Gasteiger partial charge in [0.1, 0.15) is 23.6 Å². The second-order valence-electron chi connectivity index (χ2n) is 12.5. The van der Waals surface area contributed by atoms with Gasteiger partial charge in [-0.15, -0.1) is 0 Å². The maximum absolute atomic E-state index is 12.7. The summed E-state index contributed by atoms with van der Waals surface area (Å²) in [4.78, 5) is 40.3. The van der Waals surface area contributed by atoms with Crippen LogP contribution in [0, 0.1) is 11.8 Å². The summed E-state index contributed by atoms with van der Waals surface area (Å²) in [7, 11) is 3.77. The van der Waals surface area contributed by atoms with Gasteiger partial charge in [0.25, 0.3) is 0 Å². The number of hydrogen-bond acceptors (Lipinski definition) is 8. The molecule has 214 valence electrons. The number of nitrogens with zero attached hydrogens (tertiary/aromatic N) is 1. The molecule has 0 aromatic heterocycles. The molecule has 0 saturated heterocycles. The van der Waals surface area contributed by atoms with E-state index in [9.17, 15) is 14.4 Å². The Bertz CT molecular complexity index is 1130. The van der Waals surface area contributed by atoms with Gasteiger partial charge in [-0.2, -0.15) is 0 Å². The second kappa shape index (κ2) is 11.3. The van der Waals surface area contributed by atoms with E-state index in [1.165, 1.54) is 11.1 Å². The maximum Gasteiger partial charge on any atom is 0.310 e. The van der Waals surface area contributed by atoms with Crippen LogP contribution in [0.1, 0.15) is 77.8 Å². The lowest BCUT2D eigenvalue weighted by Crippen LogP contribution is -2.43. The molecule has 0 bridgehead atoms. The Hall–Kier alpha value is -2.87. The Balaban J connectivity index is 1.37. The van der Waals surface area contributed by atoms with Crippen LogP contribution >= 0.6 is 0 Å². The van der Waals surface area contributed by atoms with Gasteiger partial charge in [0, 0.05) is 31.4 Å². The summed E-state index contributed by atoms with van der Waals surface area (Å²) in [5, 5.41) is 0. The SMILES string of the molecule is COc1ccc2c3c1O[C@H]1C[C@@H](OC(=O)CCC(=O)C[C@H](C(=O)OC(C)(C)C)C(C)C)C=C[C@@]31CCN(C)C2. The Kier molecular flexibility index (Phi) is 8.45. The third-order valence-electron chi connectivity index (χ3n) is 7.98. The molecule has 3 aliphatic rings. The van der Waals surface area contributed by atoms with Crippen molar-refractivity contribution in [1.82, 2.24) is 4.90 Å². The van der Waals surface area contributed by atoms with Crippen molar-refractivity contribution in [2.75, 3.05) is 20.7 Å². The fraction of sp³-hybridized carbons (Fsp3) is 0.645. The van der Waals surface area contributed by atoms with Crippen molar-refractivity contribution < 1.29 is 33.3 Å². The average Bonchev–Trinajstić information content (AvgIpc) is 3.11. The molecule has 4 atom stereocenters. The molecule has 2 aliphatic heterocycles. The van der Waals surface area contributed by atoms with E-state index < -0.39 is 23.6 Å². The molecule has 8 nitrogen and oxygen atoms in total. The summed E-state index contributed by atoms with van der Waals surface area (Å²) in [6.07, 6.45) is 5.03. The molecule has 1 aliphatic carbocycles. The van der Waals surface area contributed by atoms with E-state index in [-0.39, 0.29) is 48.5 Å². The van der Waals surface area contributed by atoms with Crippen molar-refractivity contribution in [2.24, 2.45) is 11.8 Å². The molecule has 2 heterocycles. The number of esters is 2. The predicted octanol–water partition coefficient (Wildman–Crippen LogP) is 4.75. The van der Waals surface area contributed by atoms with Gasteiger partial charge in [-0.05, 0) is 64.4 Å². The minimum absolute atomic E-state index is 0.0258. The quantitative estimate of drug-likeness (QED) is 0.327. The number of hydrogen-bond donors (Lipinski definition) is 0. The molecular formula is C31H43NO7. The Morgan fingerprint density at radius 2 is 1.92 bits per heavy atom. The standard InChI is InChI=1S/C31H43NO7/c1-19(2)23(29(35)39-30(3,4)5)16-21(33)9-11-26(34)37-22-12-13-31-14-15-32(6)18-20-8-10-24(36-7)28(27(20)31)38-25(31)17-22/h8,10,12-13,19,22-23,25H,9,11,14-18H2,1-7H3/t22-,23-,25-,31-/m0/s1. The summed E-state index contributed by atoms with van der Waals surface area (Å²) < 4.78 is 23.4. The number of methoxy groups -OCH3 is 1. The summed E-state index contributed by atoms with van der Waals surface area (Å²) in [5.74, 6) is -0.0218. The van der Waals surface area contributed by atoms with Crippen LogP contribution in [0.3, 0.4) is 0 Å². The first kappa shape index (κ1) is 29.1. The Labute approximate surface area is 232 Å². The van der Waals surface area contributed by atoms with E-state index >= 15 is 0 Å². The molecule has 0 fully saturated rings. The molecule has 1 spiro atoms. The van der Waals surface area contributed by atoms with Crippen molar-refractivity contribution in [3.05, 3.63) is 35.4 Å². The van der Waals surface area contributed by atoms with Crippen LogP contribution in [0.25, 0.3) is 0 Å². The van der Waals surface area contributed by atoms with E-state index in [4.69, 9.17) is 18.9 Å². The lowest BCUT2D eigenvalue weighted by molar-refractivity contribution is -0.162. The van der Waals surface area contributed by atoms with Gasteiger partial charge in [0.15, 0.2) is 11.5 Å². The van der Waals surface area contributed by atoms with Crippen molar-refractivity contribution in [3.8, 4) is 11.5 Å². The Morgan fingerprint density at radius 3 is 2.59 bits per heavy atom. The first-order valence-electron chi connectivity index (χ1n) is 14.0. The highest BCUT2D eigenvalue weighted by Gasteiger charge is 2.53. The minimum Gasteiger partial charge on any atom is -0.493 e. The smallest absolute Gasteiger partial charge is 0.310 e. The molecule has 39 heavy (non-hydrogen) atoms. The van der Waals surface area contributed by atoms with Crippen LogP contribution in [0.5, 0.6) is 11.5 Å². The van der Waals surface area contributed by atoms with Crippen LogP contribution in [0.4, 0.5) is 0 Å². The minimum atomic E-state index is -0.618. The molecule has 0 N–H and O–H groups in total. The molecule has 0 radical (unpaired) electrons. The molecule has 4 rings (SSSR count). The summed E-state index contributed by atoms with van der Waals surface area (Å²) in [6, 6.07) is 4.08. The van der Waals surface area contributed by atoms with Gasteiger partial charge < -0.3 is 23.8 Å². The van der Waals surface area contributed by atoms with E-state index in [2.05, 4.69) is 24.1 Å². The maximum atomic E-state index is 12.7. The largest absolute Gasteiger partial charge is 0.493 e. The van der Waals surface area contributed by atoms with Gasteiger partial charge in [-0.3, -0.25) is 14.4 Å². The molecule has 8 heteroatoms. The lowest BCUT2D eigenvalue weighted by atomic mass is 9.69. The van der Waals surface area contributed by atoms with E-state index in [1.54, 1.807) is 27.9 Å². The van der Waals surface area contributed by atoms with Crippen molar-refractivity contribution in [3.63, 3.8) is 0 Å². The Morgan fingerprint density at radius 1 is 1.18 bits per heavy atom. The second-order valence-corrected chi connectivity index (χ2v) is 12.5. The summed E-state index contributed by atoms with van der Waals surface area (Å²) in [6.45, 7) is 11.0.